The van der Waals surface area contributed by atoms with Crippen LogP contribution in [-0.2, 0) is 77.6 Å². The third-order valence-electron chi connectivity index (χ3n) is 20.9. The van der Waals surface area contributed by atoms with Gasteiger partial charge in [0, 0.05) is 57.6 Å². The molecule has 93 heavy (non-hydrogen) atoms. The number of aryl methyl sites for hydroxylation is 9. The maximum absolute atomic E-state index is 11.8. The van der Waals surface area contributed by atoms with Crippen molar-refractivity contribution in [3.05, 3.63) is 104 Å². The fraction of sp³-hybridized carbons (Fsp3) is 0.743. The molecule has 1 radical (unpaired) electrons. The van der Waals surface area contributed by atoms with Crippen LogP contribution in [0.15, 0.2) is 36.4 Å². The first kappa shape index (κ1) is 84.0. The van der Waals surface area contributed by atoms with Crippen molar-refractivity contribution < 1.29 is 87.9 Å². The van der Waals surface area contributed by atoms with Crippen molar-refractivity contribution in [2.75, 3.05) is 33.9 Å². The third-order valence-corrected chi connectivity index (χ3v) is 41.5. The van der Waals surface area contributed by atoms with Crippen LogP contribution in [-0.4, -0.2) is 133 Å². The van der Waals surface area contributed by atoms with Gasteiger partial charge in [0.25, 0.3) is 0 Å². The van der Waals surface area contributed by atoms with Gasteiger partial charge in [-0.25, -0.2) is 0 Å². The van der Waals surface area contributed by atoms with E-state index in [1.165, 1.54) is 81.3 Å². The zero-order chi connectivity index (χ0) is 69.1. The number of rotatable bonds is 13. The van der Waals surface area contributed by atoms with E-state index in [1.54, 1.807) is 0 Å². The molecule has 0 amide bonds. The monoisotopic (exact) mass is 1440 g/mol. The molecule has 5 aliphatic heterocycles. The SMILES string of the molecule is CC(C)[Si]1(C(C)C)OC[C@H]2OC(=O)C[C@H]2O[Si](C(C)C)(C(C)C)O1.CN[C@@H]1CCCC[C@H]1NC.Cc1[c-]cc(C)c(C)c1.Cc1cc(C)c([C@H]2C[C@@H](O)[C@@H](CO)O2)cc1C.Cc1cc(C)c([C@H]2C[C@H]3O[Si](C(C)C)(C(C)C)O[Si](C(C)C)(C(C)C)OC[C@H]3O2)cc1C.[Y]. The second-order valence-electron chi connectivity index (χ2n) is 30.2. The number of nitrogens with one attached hydrogen (secondary N) is 2. The van der Waals surface area contributed by atoms with E-state index in [1.807, 2.05) is 6.07 Å². The van der Waals surface area contributed by atoms with Crippen molar-refractivity contribution in [2.45, 2.75) is 323 Å². The van der Waals surface area contributed by atoms with Gasteiger partial charge < -0.3 is 61.0 Å². The van der Waals surface area contributed by atoms with Crippen LogP contribution in [0.4, 0.5) is 0 Å². The minimum absolute atomic E-state index is 0. The largest absolute Gasteiger partial charge is 0.457 e. The summed E-state index contributed by atoms with van der Waals surface area (Å²) in [6.45, 7) is 55.6. The summed E-state index contributed by atoms with van der Waals surface area (Å²) in [5.74, 6) is -0.188. The average Bonchev–Trinajstić information content (AvgIpc) is 1.72. The molecule has 0 bridgehead atoms. The number of esters is 1. The van der Waals surface area contributed by atoms with Crippen molar-refractivity contribution in [2.24, 2.45) is 0 Å². The molecule has 14 nitrogen and oxygen atoms in total. The normalized spacial score (nSPS) is 27.1. The van der Waals surface area contributed by atoms with Gasteiger partial charge in [-0.1, -0.05) is 169 Å². The summed E-state index contributed by atoms with van der Waals surface area (Å²) in [7, 11) is -6.08. The minimum Gasteiger partial charge on any atom is -0.457 e. The Kier molecular flexibility index (Phi) is 33.3. The van der Waals surface area contributed by atoms with E-state index in [4.69, 9.17) is 45.3 Å². The van der Waals surface area contributed by atoms with Gasteiger partial charge in [0.15, 0.2) is 0 Å². The predicted molar refractivity (Wildman–Crippen MR) is 385 cm³/mol. The molecule has 5 saturated heterocycles. The zero-order valence-corrected chi connectivity index (χ0v) is 69.8. The van der Waals surface area contributed by atoms with E-state index in [0.29, 0.717) is 71.4 Å². The quantitative estimate of drug-likeness (QED) is 0.0726. The number of ether oxygens (including phenoxy) is 3. The molecule has 6 aliphatic rings. The van der Waals surface area contributed by atoms with Crippen LogP contribution in [0.25, 0.3) is 0 Å². The summed E-state index contributed by atoms with van der Waals surface area (Å²) >= 11 is 0. The number of hydrogen-bond donors (Lipinski definition) is 4. The molecule has 3 aromatic rings. The van der Waals surface area contributed by atoms with Gasteiger partial charge in [0.2, 0.25) is 0 Å². The Hall–Kier alpha value is -1.38. The molecule has 19 heteroatoms. The fourth-order valence-electron chi connectivity index (χ4n) is 14.8. The van der Waals surface area contributed by atoms with Crippen LogP contribution in [0.3, 0.4) is 0 Å². The molecule has 3 aromatic carbocycles. The van der Waals surface area contributed by atoms with Gasteiger partial charge in [-0.2, -0.15) is 34.9 Å². The van der Waals surface area contributed by atoms with Crippen LogP contribution in [0.5, 0.6) is 0 Å². The predicted octanol–water partition coefficient (Wildman–Crippen LogP) is 16.6. The molecular formula is C74H129N2O12Si4Y-. The number of hydrogen-bond acceptors (Lipinski definition) is 14. The summed E-state index contributed by atoms with van der Waals surface area (Å²) < 4.78 is 59.4. The van der Waals surface area contributed by atoms with E-state index >= 15 is 0 Å². The van der Waals surface area contributed by atoms with E-state index in [0.717, 1.165) is 12.0 Å². The third kappa shape index (κ3) is 20.4. The summed E-state index contributed by atoms with van der Waals surface area (Å²) in [6.07, 6.45) is 5.58. The smallest absolute Gasteiger partial charge is 0.335 e. The molecule has 5 heterocycles. The van der Waals surface area contributed by atoms with Crippen molar-refractivity contribution in [1.29, 1.82) is 0 Å². The number of aliphatic hydroxyl groups is 2. The molecule has 4 N–H and O–H groups in total. The van der Waals surface area contributed by atoms with Crippen LogP contribution in [0, 0.1) is 68.4 Å². The van der Waals surface area contributed by atoms with Gasteiger partial charge in [0.1, 0.15) is 18.3 Å². The summed E-state index contributed by atoms with van der Waals surface area (Å²) in [6, 6.07) is 17.6. The van der Waals surface area contributed by atoms with Gasteiger partial charge >= 0.3 is 40.2 Å². The Balaban J connectivity index is 0.000000266. The molecule has 527 valence electrons. The fourth-order valence-corrected chi connectivity index (χ4v) is 37.2. The van der Waals surface area contributed by atoms with Crippen molar-refractivity contribution in [3.8, 4) is 0 Å². The van der Waals surface area contributed by atoms with Crippen LogP contribution in [0.2, 0.25) is 44.3 Å². The van der Waals surface area contributed by atoms with E-state index in [2.05, 4.69) is 234 Å². The first-order valence-electron chi connectivity index (χ1n) is 35.3. The van der Waals surface area contributed by atoms with Crippen molar-refractivity contribution >= 4 is 40.2 Å². The molecule has 0 spiro atoms. The second kappa shape index (κ2) is 36.8. The maximum Gasteiger partial charge on any atom is 0.335 e. The topological polar surface area (TPSA) is 165 Å². The number of fused-ring (bicyclic) bond motifs is 2. The Morgan fingerprint density at radius 2 is 0.882 bits per heavy atom. The number of likely N-dealkylation sites (N-methyl/N-ethyl adjacent to an activating group) is 2. The van der Waals surface area contributed by atoms with Crippen molar-refractivity contribution in [1.82, 2.24) is 10.6 Å². The Labute approximate surface area is 595 Å². The van der Waals surface area contributed by atoms with Crippen LogP contribution >= 0.6 is 0 Å². The zero-order valence-electron chi connectivity index (χ0n) is 63.0. The van der Waals surface area contributed by atoms with Gasteiger partial charge in [-0.3, -0.25) is 4.79 Å². The Morgan fingerprint density at radius 1 is 0.495 bits per heavy atom. The Morgan fingerprint density at radius 3 is 1.26 bits per heavy atom. The van der Waals surface area contributed by atoms with Gasteiger partial charge in [-0.15, -0.1) is 0 Å². The molecule has 9 rings (SSSR count). The van der Waals surface area contributed by atoms with E-state index in [-0.39, 0.29) is 93.0 Å². The number of carbonyl (C=O) groups excluding carboxylic acids is 1. The first-order valence-corrected chi connectivity index (χ1v) is 43.2. The molecular weight excluding hydrogens is 1310 g/mol. The van der Waals surface area contributed by atoms with E-state index < -0.39 is 46.5 Å². The van der Waals surface area contributed by atoms with Crippen LogP contribution < -0.4 is 10.6 Å². The van der Waals surface area contributed by atoms with Crippen LogP contribution in [0.1, 0.15) is 229 Å². The standard InChI is InChI=1S/C26H46O4Si2.C17H34O5Si2.C14H20O3.C9H11.C8H18N2.Y/c1-16(2)31(17(3)4)27-15-26-25(29-32(30-31,18(5)6)19(7)8)14-24(28-26)23-13-21(10)20(9)12-22(23)11;1-11(2)23(12(3)4)19-10-16-15(9-17(18)20-16)21-24(22-23,13(5)6)14(7)8;1-8-4-10(3)11(5-9(8)2)13-6-12(16)14(7-15)17-13;1-7-4-5-8(2)9(3)6-7;1-9-7-5-3-4-6-8(7)10-2;/h12-13,16-19,24-26H,14-15H2,1-11H3;11-16H,9-10H2,1-8H3;4-5,12-16H,6-7H2,1-3H3;5-6H,1-3H3;7-10H,3-6H2,1-2H3;/q;;;-1;;/t24-,25-,26-;15-,16-;12-,13-,14-;;7-,8-;/m111.1./s1. The summed E-state index contributed by atoms with van der Waals surface area (Å²) in [4.78, 5) is 11.8. The molecule has 0 aromatic heterocycles. The number of carbonyl (C=O) groups is 1. The summed E-state index contributed by atoms with van der Waals surface area (Å²) in [5, 5.41) is 25.5. The number of benzene rings is 3. The van der Waals surface area contributed by atoms with E-state index in [9.17, 15) is 9.90 Å². The summed E-state index contributed by atoms with van der Waals surface area (Å²) in [5.41, 5.74) is 16.5. The van der Waals surface area contributed by atoms with Gasteiger partial charge in [0.05, 0.1) is 56.8 Å². The molecule has 0 unspecified atom stereocenters. The first-order chi connectivity index (χ1) is 43.0. The molecule has 1 aliphatic carbocycles. The average molecular weight is 1440 g/mol. The molecule has 10 atom stereocenters. The minimum atomic E-state index is -2.59. The molecule has 1 saturated carbocycles. The number of aliphatic hydroxyl groups excluding tert-OH is 2. The molecule has 6 fully saturated rings. The maximum atomic E-state index is 11.8. The Bertz CT molecular complexity index is 2760. The van der Waals surface area contributed by atoms with Gasteiger partial charge in [-0.05, 0) is 157 Å². The second-order valence-corrected chi connectivity index (χ2v) is 47.9. The van der Waals surface area contributed by atoms with Crippen molar-refractivity contribution in [3.63, 3.8) is 0 Å².